The number of H-pyrrole nitrogens is 1. The zero-order valence-electron chi connectivity index (χ0n) is 6.03. The average Bonchev–Trinajstić information content (AvgIpc) is 2.33. The van der Waals surface area contributed by atoms with E-state index >= 15 is 0 Å². The number of pyridine rings is 1. The van der Waals surface area contributed by atoms with Crippen molar-refractivity contribution in [2.24, 2.45) is 0 Å². The number of imidazole rings is 1. The van der Waals surface area contributed by atoms with Crippen LogP contribution in [0, 0.1) is 0 Å². The average molecular weight is 220 g/mol. The van der Waals surface area contributed by atoms with Gasteiger partial charge < -0.3 is 15.0 Å². The Morgan fingerprint density at radius 3 is 3.09 bits per heavy atom. The fourth-order valence-electron chi connectivity index (χ4n) is 0.807. The van der Waals surface area contributed by atoms with Crippen molar-refractivity contribution in [2.75, 3.05) is 0 Å². The molecule has 0 saturated carbocycles. The summed E-state index contributed by atoms with van der Waals surface area (Å²) in [5, 5.41) is 0. The number of aromatic amines is 1. The molecule has 0 radical (unpaired) electrons. The summed E-state index contributed by atoms with van der Waals surface area (Å²) in [4.78, 5) is 20.9. The van der Waals surface area contributed by atoms with E-state index < -0.39 is 0 Å². The van der Waals surface area contributed by atoms with Crippen LogP contribution in [-0.2, 0) is 0 Å². The van der Waals surface area contributed by atoms with Gasteiger partial charge in [0.2, 0.25) is 5.56 Å². The predicted octanol–water partition coefficient (Wildman–Crippen LogP) is -3.12. The molecule has 50 valence electrons. The van der Waals surface area contributed by atoms with Crippen LogP contribution in [-0.4, -0.2) is 9.97 Å². The molecule has 0 bridgehead atoms. The summed E-state index contributed by atoms with van der Waals surface area (Å²) < 4.78 is 0. The molecule has 0 aromatic carbocycles. The van der Waals surface area contributed by atoms with Gasteiger partial charge in [-0.05, 0) is 5.52 Å². The number of fused-ring (bicyclic) bond motifs is 1. The molecule has 0 amide bonds. The van der Waals surface area contributed by atoms with E-state index in [4.69, 9.17) is 0 Å². The molecule has 2 heterocycles. The van der Waals surface area contributed by atoms with Crippen molar-refractivity contribution >= 4 is 11.2 Å². The van der Waals surface area contributed by atoms with Gasteiger partial charge in [-0.25, -0.2) is 0 Å². The van der Waals surface area contributed by atoms with Gasteiger partial charge in [0.1, 0.15) is 0 Å². The maximum atomic E-state index is 10.7. The summed E-state index contributed by atoms with van der Waals surface area (Å²) in [5.41, 5.74) is 1.13. The van der Waals surface area contributed by atoms with Crippen LogP contribution >= 0.6 is 0 Å². The van der Waals surface area contributed by atoms with Crippen molar-refractivity contribution < 1.29 is 58.2 Å². The molecule has 0 spiro atoms. The van der Waals surface area contributed by atoms with Crippen LogP contribution in [0.15, 0.2) is 23.3 Å². The SMILES string of the molecule is O=c1ccc2[n-]cnc2[nH]1.[Rb+]. The summed E-state index contributed by atoms with van der Waals surface area (Å²) in [6, 6.07) is 3.07. The van der Waals surface area contributed by atoms with Crippen LogP contribution in [0.2, 0.25) is 0 Å². The third-order valence-electron chi connectivity index (χ3n) is 1.26. The first-order valence-electron chi connectivity index (χ1n) is 2.83. The number of hydrogen-bond donors (Lipinski definition) is 1. The quantitative estimate of drug-likeness (QED) is 0.510. The second-order valence-electron chi connectivity index (χ2n) is 1.93. The van der Waals surface area contributed by atoms with Crippen molar-refractivity contribution in [3.05, 3.63) is 28.8 Å². The van der Waals surface area contributed by atoms with E-state index in [9.17, 15) is 4.79 Å². The smallest absolute Gasteiger partial charge is 0.442 e. The van der Waals surface area contributed by atoms with Gasteiger partial charge in [0, 0.05) is 11.7 Å². The van der Waals surface area contributed by atoms with Crippen LogP contribution in [0.1, 0.15) is 0 Å². The van der Waals surface area contributed by atoms with E-state index in [1.165, 1.54) is 12.4 Å². The Balaban J connectivity index is 0.000000605. The van der Waals surface area contributed by atoms with Crippen molar-refractivity contribution in [1.29, 1.82) is 0 Å². The second kappa shape index (κ2) is 3.75. The van der Waals surface area contributed by atoms with Crippen LogP contribution in [0.3, 0.4) is 0 Å². The van der Waals surface area contributed by atoms with Gasteiger partial charge in [0.05, 0.1) is 0 Å². The Morgan fingerprint density at radius 1 is 1.45 bits per heavy atom. The van der Waals surface area contributed by atoms with E-state index in [1.54, 1.807) is 6.07 Å². The zero-order chi connectivity index (χ0) is 6.97. The molecule has 0 fully saturated rings. The van der Waals surface area contributed by atoms with Crippen LogP contribution in [0.5, 0.6) is 0 Å². The van der Waals surface area contributed by atoms with Gasteiger partial charge in [-0.2, -0.15) is 0 Å². The number of hydrogen-bond acceptors (Lipinski definition) is 2. The minimum atomic E-state index is -0.145. The van der Waals surface area contributed by atoms with Gasteiger partial charge in [0.25, 0.3) is 0 Å². The minimum absolute atomic E-state index is 0. The Hall–Kier alpha value is 0.225. The largest absolute Gasteiger partial charge is 1.00 e. The van der Waals surface area contributed by atoms with E-state index in [-0.39, 0.29) is 63.7 Å². The molecule has 2 aromatic rings. The topological polar surface area (TPSA) is 59.9 Å². The second-order valence-corrected chi connectivity index (χ2v) is 1.93. The Bertz CT molecular complexity index is 405. The maximum absolute atomic E-state index is 10.7. The molecular weight excluding hydrogens is 216 g/mol. The molecule has 11 heavy (non-hydrogen) atoms. The summed E-state index contributed by atoms with van der Waals surface area (Å²) in [5.74, 6) is 0. The Labute approximate surface area is 111 Å². The number of rotatable bonds is 0. The van der Waals surface area contributed by atoms with Gasteiger partial charge in [-0.3, -0.25) is 4.79 Å². The van der Waals surface area contributed by atoms with E-state index in [2.05, 4.69) is 15.0 Å². The van der Waals surface area contributed by atoms with Crippen molar-refractivity contribution in [3.8, 4) is 0 Å². The van der Waals surface area contributed by atoms with Gasteiger partial charge in [0.15, 0.2) is 0 Å². The van der Waals surface area contributed by atoms with Gasteiger partial charge in [-0.1, -0.05) is 12.4 Å². The van der Waals surface area contributed by atoms with Crippen molar-refractivity contribution in [3.63, 3.8) is 0 Å². The monoisotopic (exact) mass is 219 g/mol. The molecule has 0 unspecified atom stereocenters. The zero-order valence-corrected chi connectivity index (χ0v) is 11.0. The number of nitrogens with one attached hydrogen (secondary N) is 1. The van der Waals surface area contributed by atoms with Crippen LogP contribution in [0.25, 0.3) is 11.2 Å². The molecule has 5 heteroatoms. The molecular formula is C6H4N3ORb. The first-order chi connectivity index (χ1) is 4.86. The van der Waals surface area contributed by atoms with E-state index in [0.717, 1.165) is 5.52 Å². The van der Waals surface area contributed by atoms with E-state index in [0.29, 0.717) is 5.65 Å². The molecule has 0 saturated heterocycles. The van der Waals surface area contributed by atoms with Crippen LogP contribution < -0.4 is 68.7 Å². The summed E-state index contributed by atoms with van der Waals surface area (Å²) in [6.07, 6.45) is 1.42. The van der Waals surface area contributed by atoms with E-state index in [1.807, 2.05) is 0 Å². The summed E-state index contributed by atoms with van der Waals surface area (Å²) >= 11 is 0. The third kappa shape index (κ3) is 1.87. The number of nitrogens with zero attached hydrogens (tertiary/aromatic N) is 2. The first-order valence-corrected chi connectivity index (χ1v) is 2.83. The van der Waals surface area contributed by atoms with Crippen molar-refractivity contribution in [1.82, 2.24) is 15.0 Å². The molecule has 0 aliphatic heterocycles. The minimum Gasteiger partial charge on any atom is -0.442 e. The summed E-state index contributed by atoms with van der Waals surface area (Å²) in [7, 11) is 0. The molecule has 0 aliphatic carbocycles. The number of aromatic nitrogens is 3. The normalized spacial score (nSPS) is 9.45. The predicted molar refractivity (Wildman–Crippen MR) is 35.7 cm³/mol. The molecule has 0 aliphatic rings. The standard InChI is InChI=1S/C6H5N3O.Rb/c10-5-2-1-4-6(9-5)8-3-7-4;/h1-3H,(H2,7,8,9,10);/q;+1/p-1. The Morgan fingerprint density at radius 2 is 2.27 bits per heavy atom. The third-order valence-corrected chi connectivity index (χ3v) is 1.26. The first kappa shape index (κ1) is 9.31. The maximum Gasteiger partial charge on any atom is 1.00 e. The fourth-order valence-corrected chi connectivity index (χ4v) is 0.807. The Kier molecular flexibility index (Phi) is 3.18. The van der Waals surface area contributed by atoms with Gasteiger partial charge >= 0.3 is 58.2 Å². The molecule has 4 nitrogen and oxygen atoms in total. The van der Waals surface area contributed by atoms with Crippen LogP contribution in [0.4, 0.5) is 0 Å². The molecule has 0 atom stereocenters. The van der Waals surface area contributed by atoms with Crippen molar-refractivity contribution in [2.45, 2.75) is 0 Å². The molecule has 2 aromatic heterocycles. The fraction of sp³-hybridized carbons (Fsp3) is 0. The summed E-state index contributed by atoms with van der Waals surface area (Å²) in [6.45, 7) is 0. The molecule has 2 rings (SSSR count). The van der Waals surface area contributed by atoms with Gasteiger partial charge in [-0.15, -0.1) is 0 Å². The molecule has 1 N–H and O–H groups in total.